The second-order valence-corrected chi connectivity index (χ2v) is 9.49. The number of amidine groups is 1. The molecule has 2 aromatic carbocycles. The van der Waals surface area contributed by atoms with Crippen molar-refractivity contribution in [3.05, 3.63) is 56.9 Å². The van der Waals surface area contributed by atoms with E-state index in [1.165, 1.54) is 11.8 Å². The van der Waals surface area contributed by atoms with Crippen molar-refractivity contribution < 1.29 is 19.1 Å². The molecule has 7 nitrogen and oxygen atoms in total. The van der Waals surface area contributed by atoms with E-state index >= 15 is 0 Å². The van der Waals surface area contributed by atoms with E-state index in [1.807, 2.05) is 52.0 Å². The van der Waals surface area contributed by atoms with Gasteiger partial charge < -0.3 is 15.2 Å². The number of hydrogen-bond acceptors (Lipinski definition) is 6. The molecular formula is C24H26BrN3O4S. The van der Waals surface area contributed by atoms with Crippen LogP contribution in [0.15, 0.2) is 50.8 Å². The summed E-state index contributed by atoms with van der Waals surface area (Å²) < 4.78 is 11.8. The van der Waals surface area contributed by atoms with Crippen molar-refractivity contribution in [2.24, 2.45) is 10.7 Å². The zero-order valence-electron chi connectivity index (χ0n) is 18.9. The predicted octanol–water partition coefficient (Wildman–Crippen LogP) is 5.03. The van der Waals surface area contributed by atoms with Crippen molar-refractivity contribution in [2.45, 2.75) is 33.7 Å². The number of thioether (sulfide) groups is 1. The molecule has 1 saturated heterocycles. The van der Waals surface area contributed by atoms with Gasteiger partial charge >= 0.3 is 0 Å². The molecule has 1 aliphatic rings. The first-order valence-corrected chi connectivity index (χ1v) is 12.1. The summed E-state index contributed by atoms with van der Waals surface area (Å²) in [6.45, 7) is 7.92. The first kappa shape index (κ1) is 24.9. The van der Waals surface area contributed by atoms with Crippen LogP contribution in [-0.4, -0.2) is 41.1 Å². The topological polar surface area (TPSA) is 94.2 Å². The van der Waals surface area contributed by atoms with Crippen LogP contribution in [0.2, 0.25) is 0 Å². The molecule has 2 N–H and O–H groups in total. The molecule has 1 heterocycles. The van der Waals surface area contributed by atoms with Crippen LogP contribution in [-0.2, 0) is 9.59 Å². The molecule has 0 unspecified atom stereocenters. The molecule has 0 aliphatic carbocycles. The Bertz CT molecular complexity index is 1110. The molecule has 0 bridgehead atoms. The average molecular weight is 532 g/mol. The zero-order chi connectivity index (χ0) is 24.1. The molecule has 1 fully saturated rings. The van der Waals surface area contributed by atoms with Crippen molar-refractivity contribution >= 4 is 56.4 Å². The van der Waals surface area contributed by atoms with Crippen LogP contribution in [0.25, 0.3) is 6.08 Å². The van der Waals surface area contributed by atoms with E-state index in [2.05, 4.69) is 15.9 Å². The van der Waals surface area contributed by atoms with Gasteiger partial charge in [0.25, 0.3) is 11.8 Å². The number of carbonyl (C=O) groups excluding carboxylic acids is 2. The predicted molar refractivity (Wildman–Crippen MR) is 136 cm³/mol. The molecule has 0 saturated carbocycles. The monoisotopic (exact) mass is 531 g/mol. The van der Waals surface area contributed by atoms with E-state index in [4.69, 9.17) is 20.2 Å². The number of amides is 2. The maximum atomic E-state index is 13.2. The molecule has 0 spiro atoms. The molecule has 9 heteroatoms. The molecule has 33 heavy (non-hydrogen) atoms. The van der Waals surface area contributed by atoms with Crippen molar-refractivity contribution in [1.29, 1.82) is 0 Å². The second-order valence-electron chi connectivity index (χ2n) is 7.63. The van der Waals surface area contributed by atoms with E-state index < -0.39 is 5.91 Å². The highest BCUT2D eigenvalue weighted by molar-refractivity contribution is 9.10. The molecule has 1 aliphatic heterocycles. The van der Waals surface area contributed by atoms with Crippen LogP contribution in [0.1, 0.15) is 31.9 Å². The van der Waals surface area contributed by atoms with Crippen LogP contribution >= 0.6 is 27.7 Å². The van der Waals surface area contributed by atoms with Crippen molar-refractivity contribution in [2.75, 3.05) is 13.2 Å². The average Bonchev–Trinajstić information content (AvgIpc) is 3.04. The van der Waals surface area contributed by atoms with E-state index in [0.717, 1.165) is 16.8 Å². The summed E-state index contributed by atoms with van der Waals surface area (Å²) in [4.78, 5) is 31.3. The Morgan fingerprint density at radius 3 is 2.55 bits per heavy atom. The van der Waals surface area contributed by atoms with E-state index in [9.17, 15) is 9.59 Å². The van der Waals surface area contributed by atoms with Crippen molar-refractivity contribution in [3.8, 4) is 11.5 Å². The number of aliphatic imine (C=N–C) groups is 1. The Balaban J connectivity index is 1.97. The highest BCUT2D eigenvalue weighted by Crippen LogP contribution is 2.40. The third kappa shape index (κ3) is 6.17. The van der Waals surface area contributed by atoms with Gasteiger partial charge in [-0.05, 0) is 91.3 Å². The van der Waals surface area contributed by atoms with Gasteiger partial charge in [0, 0.05) is 6.04 Å². The maximum absolute atomic E-state index is 13.2. The van der Waals surface area contributed by atoms with Gasteiger partial charge in [-0.2, -0.15) is 0 Å². The fourth-order valence-corrected chi connectivity index (χ4v) is 4.81. The molecular weight excluding hydrogens is 506 g/mol. The van der Waals surface area contributed by atoms with Crippen molar-refractivity contribution in [3.63, 3.8) is 0 Å². The summed E-state index contributed by atoms with van der Waals surface area (Å²) in [5.41, 5.74) is 7.88. The van der Waals surface area contributed by atoms with E-state index in [1.54, 1.807) is 23.1 Å². The van der Waals surface area contributed by atoms with Gasteiger partial charge in [-0.25, -0.2) is 4.99 Å². The number of halogens is 1. The SMILES string of the molecule is CCOc1cc(/C=C2/SC(=Nc3ccc(C)cc3)N(C(C)C)C2=O)cc(Br)c1OCC(N)=O. The van der Waals surface area contributed by atoms with Gasteiger partial charge in [0.1, 0.15) is 0 Å². The summed E-state index contributed by atoms with van der Waals surface area (Å²) >= 11 is 4.80. The number of carbonyl (C=O) groups is 2. The number of primary amides is 1. The number of rotatable bonds is 8. The minimum atomic E-state index is -0.585. The summed E-state index contributed by atoms with van der Waals surface area (Å²) in [7, 11) is 0. The van der Waals surface area contributed by atoms with E-state index in [0.29, 0.717) is 32.7 Å². The molecule has 3 rings (SSSR count). The van der Waals surface area contributed by atoms with Crippen LogP contribution < -0.4 is 15.2 Å². The highest BCUT2D eigenvalue weighted by Gasteiger charge is 2.35. The largest absolute Gasteiger partial charge is 0.490 e. The van der Waals surface area contributed by atoms with Gasteiger partial charge in [-0.15, -0.1) is 0 Å². The molecule has 0 radical (unpaired) electrons. The maximum Gasteiger partial charge on any atom is 0.266 e. The number of nitrogens with two attached hydrogens (primary N) is 1. The lowest BCUT2D eigenvalue weighted by Crippen LogP contribution is -2.35. The molecule has 0 aromatic heterocycles. The normalized spacial score (nSPS) is 16.2. The molecule has 2 aromatic rings. The Labute approximate surface area is 206 Å². The summed E-state index contributed by atoms with van der Waals surface area (Å²) in [6, 6.07) is 11.4. The third-order valence-corrected chi connectivity index (χ3v) is 6.17. The zero-order valence-corrected chi connectivity index (χ0v) is 21.3. The van der Waals surface area contributed by atoms with Gasteiger partial charge in [0.15, 0.2) is 23.3 Å². The van der Waals surface area contributed by atoms with Crippen LogP contribution in [0, 0.1) is 6.92 Å². The minimum absolute atomic E-state index is 0.0459. The molecule has 0 atom stereocenters. The lowest BCUT2D eigenvalue weighted by molar-refractivity contribution is -0.123. The Morgan fingerprint density at radius 1 is 1.24 bits per heavy atom. The standard InChI is InChI=1S/C24H26BrN3O4S/c1-5-31-19-11-16(10-18(25)22(19)32-13-21(26)29)12-20-23(30)28(14(2)3)24(33-20)27-17-8-6-15(4)7-9-17/h6-12,14H,5,13H2,1-4H3,(H2,26,29)/b20-12+,27-24?. The lowest BCUT2D eigenvalue weighted by atomic mass is 10.1. The minimum Gasteiger partial charge on any atom is -0.490 e. The van der Waals surface area contributed by atoms with Gasteiger partial charge in [-0.1, -0.05) is 17.7 Å². The van der Waals surface area contributed by atoms with Crippen LogP contribution in [0.5, 0.6) is 11.5 Å². The first-order chi connectivity index (χ1) is 15.7. The third-order valence-electron chi connectivity index (χ3n) is 4.60. The molecule has 2 amide bonds. The number of ether oxygens (including phenoxy) is 2. The first-order valence-electron chi connectivity index (χ1n) is 10.5. The highest BCUT2D eigenvalue weighted by atomic mass is 79.9. The number of aryl methyl sites for hydroxylation is 1. The number of nitrogens with zero attached hydrogens (tertiary/aromatic N) is 2. The number of benzene rings is 2. The lowest BCUT2D eigenvalue weighted by Gasteiger charge is -2.19. The summed E-state index contributed by atoms with van der Waals surface area (Å²) in [6.07, 6.45) is 1.80. The Kier molecular flexibility index (Phi) is 8.20. The fraction of sp³-hybridized carbons (Fsp3) is 0.292. The Morgan fingerprint density at radius 2 is 1.94 bits per heavy atom. The van der Waals surface area contributed by atoms with Gasteiger partial charge in [0.2, 0.25) is 0 Å². The fourth-order valence-electron chi connectivity index (χ4n) is 3.12. The smallest absolute Gasteiger partial charge is 0.266 e. The Hall–Kier alpha value is -2.78. The second kappa shape index (κ2) is 10.9. The van der Waals surface area contributed by atoms with Gasteiger partial charge in [-0.3, -0.25) is 14.5 Å². The quantitative estimate of drug-likeness (QED) is 0.482. The van der Waals surface area contributed by atoms with Crippen LogP contribution in [0.3, 0.4) is 0 Å². The summed E-state index contributed by atoms with van der Waals surface area (Å²) in [5, 5.41) is 0.635. The van der Waals surface area contributed by atoms with Crippen molar-refractivity contribution in [1.82, 2.24) is 4.90 Å². The number of hydrogen-bond donors (Lipinski definition) is 1. The van der Waals surface area contributed by atoms with Gasteiger partial charge in [0.05, 0.1) is 21.7 Å². The summed E-state index contributed by atoms with van der Waals surface area (Å²) in [5.74, 6) is 0.139. The van der Waals surface area contributed by atoms with E-state index in [-0.39, 0.29) is 18.6 Å². The van der Waals surface area contributed by atoms with Crippen LogP contribution in [0.4, 0.5) is 5.69 Å². The molecule has 174 valence electrons.